The predicted octanol–water partition coefficient (Wildman–Crippen LogP) is 0.0165. The van der Waals surface area contributed by atoms with Crippen LogP contribution in [0.25, 0.3) is 0 Å². The number of anilines is 1. The highest BCUT2D eigenvalue weighted by atomic mass is 19.1. The third kappa shape index (κ3) is 5.62. The molecule has 0 aromatic heterocycles. The van der Waals surface area contributed by atoms with E-state index in [1.54, 1.807) is 0 Å². The van der Waals surface area contributed by atoms with Gasteiger partial charge in [0.2, 0.25) is 6.41 Å². The van der Waals surface area contributed by atoms with Gasteiger partial charge in [0.1, 0.15) is 5.82 Å². The molecule has 0 bridgehead atoms. The lowest BCUT2D eigenvalue weighted by Crippen LogP contribution is -2.36. The normalized spacial score (nSPS) is 9.53. The zero-order chi connectivity index (χ0) is 14.1. The van der Waals surface area contributed by atoms with Crippen LogP contribution in [0.15, 0.2) is 24.3 Å². The fraction of sp³-hybridized carbons (Fsp3) is 0.250. The molecule has 0 saturated heterocycles. The summed E-state index contributed by atoms with van der Waals surface area (Å²) in [5.41, 5.74) is 0.211. The van der Waals surface area contributed by atoms with E-state index < -0.39 is 17.6 Å². The second-order valence-electron chi connectivity index (χ2n) is 3.65. The average Bonchev–Trinajstić information content (AvgIpc) is 2.38. The second kappa shape index (κ2) is 7.80. The number of hydrogen-bond acceptors (Lipinski definition) is 3. The van der Waals surface area contributed by atoms with Crippen molar-refractivity contribution in [2.75, 3.05) is 18.4 Å². The Balaban J connectivity index is 2.32. The number of rotatable bonds is 6. The fourth-order valence-corrected chi connectivity index (χ4v) is 1.29. The highest BCUT2D eigenvalue weighted by Crippen LogP contribution is 2.08. The molecule has 3 N–H and O–H groups in total. The summed E-state index contributed by atoms with van der Waals surface area (Å²) < 4.78 is 12.9. The van der Waals surface area contributed by atoms with E-state index in [9.17, 15) is 18.8 Å². The van der Waals surface area contributed by atoms with Crippen LogP contribution in [0.2, 0.25) is 0 Å². The van der Waals surface area contributed by atoms with Gasteiger partial charge < -0.3 is 16.0 Å². The van der Waals surface area contributed by atoms with Crippen LogP contribution < -0.4 is 16.0 Å². The van der Waals surface area contributed by atoms with Gasteiger partial charge in [0.05, 0.1) is 0 Å². The SMILES string of the molecule is O=CNCCCNC(=O)C(=O)Nc1cccc(F)c1. The van der Waals surface area contributed by atoms with E-state index >= 15 is 0 Å². The summed E-state index contributed by atoms with van der Waals surface area (Å²) in [7, 11) is 0. The molecule has 1 aromatic carbocycles. The Kier molecular flexibility index (Phi) is 6.00. The summed E-state index contributed by atoms with van der Waals surface area (Å²) in [5, 5.41) is 7.07. The molecule has 102 valence electrons. The quantitative estimate of drug-likeness (QED) is 0.385. The van der Waals surface area contributed by atoms with Crippen LogP contribution in [0.1, 0.15) is 6.42 Å². The summed E-state index contributed by atoms with van der Waals surface area (Å²) in [6.07, 6.45) is 1.07. The zero-order valence-electron chi connectivity index (χ0n) is 10.1. The summed E-state index contributed by atoms with van der Waals surface area (Å²) in [6.45, 7) is 0.672. The molecular weight excluding hydrogens is 253 g/mol. The number of benzene rings is 1. The molecule has 3 amide bonds. The van der Waals surface area contributed by atoms with Gasteiger partial charge in [0, 0.05) is 18.8 Å². The molecule has 0 fully saturated rings. The first kappa shape index (κ1) is 14.6. The molecule has 0 aliphatic heterocycles. The van der Waals surface area contributed by atoms with Crippen LogP contribution in [0.3, 0.4) is 0 Å². The van der Waals surface area contributed by atoms with Crippen molar-refractivity contribution in [1.82, 2.24) is 10.6 Å². The Hall–Kier alpha value is -2.44. The van der Waals surface area contributed by atoms with Crippen molar-refractivity contribution >= 4 is 23.9 Å². The highest BCUT2D eigenvalue weighted by molar-refractivity contribution is 6.39. The maximum atomic E-state index is 12.9. The van der Waals surface area contributed by atoms with Crippen LogP contribution >= 0.6 is 0 Å². The average molecular weight is 267 g/mol. The third-order valence-corrected chi connectivity index (χ3v) is 2.16. The van der Waals surface area contributed by atoms with Crippen LogP contribution in [0.4, 0.5) is 10.1 Å². The lowest BCUT2D eigenvalue weighted by Gasteiger charge is -2.06. The Bertz CT molecular complexity index is 465. The van der Waals surface area contributed by atoms with Crippen molar-refractivity contribution in [3.05, 3.63) is 30.1 Å². The number of carbonyl (C=O) groups excluding carboxylic acids is 3. The molecule has 0 atom stereocenters. The van der Waals surface area contributed by atoms with Gasteiger partial charge in [-0.1, -0.05) is 6.07 Å². The van der Waals surface area contributed by atoms with Crippen LogP contribution in [-0.2, 0) is 14.4 Å². The number of nitrogens with one attached hydrogen (secondary N) is 3. The Morgan fingerprint density at radius 3 is 2.68 bits per heavy atom. The number of carbonyl (C=O) groups is 3. The van der Waals surface area contributed by atoms with Crippen molar-refractivity contribution in [2.24, 2.45) is 0 Å². The van der Waals surface area contributed by atoms with Crippen molar-refractivity contribution in [3.63, 3.8) is 0 Å². The number of halogens is 1. The molecule has 19 heavy (non-hydrogen) atoms. The molecule has 1 aromatic rings. The number of hydrogen-bond donors (Lipinski definition) is 3. The zero-order valence-corrected chi connectivity index (χ0v) is 10.1. The maximum Gasteiger partial charge on any atom is 0.313 e. The highest BCUT2D eigenvalue weighted by Gasteiger charge is 2.12. The van der Waals surface area contributed by atoms with Crippen molar-refractivity contribution in [3.8, 4) is 0 Å². The topological polar surface area (TPSA) is 87.3 Å². The first-order valence-corrected chi connectivity index (χ1v) is 5.65. The van der Waals surface area contributed by atoms with Gasteiger partial charge >= 0.3 is 11.8 Å². The number of amides is 3. The van der Waals surface area contributed by atoms with Gasteiger partial charge in [-0.2, -0.15) is 0 Å². The largest absolute Gasteiger partial charge is 0.359 e. The predicted molar refractivity (Wildman–Crippen MR) is 66.7 cm³/mol. The lowest BCUT2D eigenvalue weighted by molar-refractivity contribution is -0.136. The molecule has 7 heteroatoms. The Morgan fingerprint density at radius 1 is 1.21 bits per heavy atom. The van der Waals surface area contributed by atoms with Gasteiger partial charge in [-0.05, 0) is 24.6 Å². The van der Waals surface area contributed by atoms with Crippen molar-refractivity contribution < 1.29 is 18.8 Å². The minimum Gasteiger partial charge on any atom is -0.359 e. The van der Waals surface area contributed by atoms with Crippen LogP contribution in [0, 0.1) is 5.82 Å². The molecule has 0 spiro atoms. The Morgan fingerprint density at radius 2 is 2.00 bits per heavy atom. The van der Waals surface area contributed by atoms with E-state index in [1.807, 2.05) is 0 Å². The Labute approximate surface area is 109 Å². The van der Waals surface area contributed by atoms with E-state index in [0.717, 1.165) is 6.07 Å². The first-order chi connectivity index (χ1) is 9.13. The molecule has 0 saturated carbocycles. The minimum atomic E-state index is -0.867. The second-order valence-corrected chi connectivity index (χ2v) is 3.65. The molecule has 0 unspecified atom stereocenters. The van der Waals surface area contributed by atoms with Gasteiger partial charge in [0.15, 0.2) is 0 Å². The van der Waals surface area contributed by atoms with E-state index in [1.165, 1.54) is 18.2 Å². The van der Waals surface area contributed by atoms with Gasteiger partial charge in [-0.3, -0.25) is 14.4 Å². The van der Waals surface area contributed by atoms with Crippen LogP contribution in [0.5, 0.6) is 0 Å². The monoisotopic (exact) mass is 267 g/mol. The molecule has 0 aliphatic rings. The summed E-state index contributed by atoms with van der Waals surface area (Å²) in [4.78, 5) is 32.7. The summed E-state index contributed by atoms with van der Waals surface area (Å²) in [5.74, 6) is -2.18. The first-order valence-electron chi connectivity index (χ1n) is 5.65. The third-order valence-electron chi connectivity index (χ3n) is 2.16. The maximum absolute atomic E-state index is 12.9. The lowest BCUT2D eigenvalue weighted by atomic mass is 10.3. The fourth-order valence-electron chi connectivity index (χ4n) is 1.29. The van der Waals surface area contributed by atoms with Gasteiger partial charge in [-0.25, -0.2) is 4.39 Å². The van der Waals surface area contributed by atoms with E-state index in [-0.39, 0.29) is 12.2 Å². The van der Waals surface area contributed by atoms with E-state index in [4.69, 9.17) is 0 Å². The molecule has 1 rings (SSSR count). The van der Waals surface area contributed by atoms with Crippen molar-refractivity contribution in [2.45, 2.75) is 6.42 Å². The summed E-state index contributed by atoms with van der Waals surface area (Å²) in [6, 6.07) is 5.24. The molecule has 0 heterocycles. The molecule has 6 nitrogen and oxygen atoms in total. The molecular formula is C12H14FN3O3. The smallest absolute Gasteiger partial charge is 0.313 e. The minimum absolute atomic E-state index is 0.211. The van der Waals surface area contributed by atoms with Crippen molar-refractivity contribution in [1.29, 1.82) is 0 Å². The standard InChI is InChI=1S/C12H14FN3O3/c13-9-3-1-4-10(7-9)16-12(19)11(18)15-6-2-5-14-8-17/h1,3-4,7-8H,2,5-6H2,(H,14,17)(H,15,18)(H,16,19). The summed E-state index contributed by atoms with van der Waals surface area (Å²) >= 11 is 0. The molecule has 0 aliphatic carbocycles. The molecule has 0 radical (unpaired) electrons. The van der Waals surface area contributed by atoms with Gasteiger partial charge in [-0.15, -0.1) is 0 Å². The van der Waals surface area contributed by atoms with E-state index in [0.29, 0.717) is 19.4 Å². The van der Waals surface area contributed by atoms with Gasteiger partial charge in [0.25, 0.3) is 0 Å². The van der Waals surface area contributed by atoms with E-state index in [2.05, 4.69) is 16.0 Å². The van der Waals surface area contributed by atoms with Crippen LogP contribution in [-0.4, -0.2) is 31.3 Å².